The fraction of sp³-hybridized carbons (Fsp3) is 0.571. The maximum absolute atomic E-state index is 12.6. The van der Waals surface area contributed by atoms with Gasteiger partial charge in [-0.15, -0.1) is 0 Å². The normalized spacial score (nSPS) is 24.6. The van der Waals surface area contributed by atoms with E-state index in [0.717, 1.165) is 0 Å². The summed E-state index contributed by atoms with van der Waals surface area (Å²) in [5, 5.41) is 0. The van der Waals surface area contributed by atoms with E-state index in [2.05, 4.69) is 0 Å². The zero-order chi connectivity index (χ0) is 14.8. The van der Waals surface area contributed by atoms with Crippen LogP contribution in [0.25, 0.3) is 0 Å². The molecule has 0 aliphatic carbocycles. The van der Waals surface area contributed by atoms with Crippen molar-refractivity contribution in [1.29, 1.82) is 0 Å². The molecule has 1 aromatic rings. The molecule has 112 valence electrons. The highest BCUT2D eigenvalue weighted by molar-refractivity contribution is 7.89. The Morgan fingerprint density at radius 2 is 2.00 bits per heavy atom. The molecule has 1 aliphatic rings. The predicted octanol–water partition coefficient (Wildman–Crippen LogP) is 1.44. The highest BCUT2D eigenvalue weighted by Crippen LogP contribution is 2.24. The Labute approximate surface area is 120 Å². The number of nitrogens with two attached hydrogens (primary N) is 1. The third-order valence-corrected chi connectivity index (χ3v) is 5.59. The van der Waals surface area contributed by atoms with Crippen LogP contribution in [0.15, 0.2) is 29.2 Å². The summed E-state index contributed by atoms with van der Waals surface area (Å²) >= 11 is 0. The molecule has 0 spiro atoms. The Balaban J connectivity index is 2.17. The van der Waals surface area contributed by atoms with Gasteiger partial charge in [0.15, 0.2) is 0 Å². The minimum absolute atomic E-state index is 0.0850. The molecule has 0 radical (unpaired) electrons. The molecular weight excluding hydrogens is 276 g/mol. The smallest absolute Gasteiger partial charge is 0.243 e. The molecule has 0 amide bonds. The van der Waals surface area contributed by atoms with Crippen molar-refractivity contribution >= 4 is 10.0 Å². The molecule has 1 saturated heterocycles. The largest absolute Gasteiger partial charge is 0.494 e. The summed E-state index contributed by atoms with van der Waals surface area (Å²) < 4.78 is 32.0. The molecule has 6 heteroatoms. The predicted molar refractivity (Wildman–Crippen MR) is 78.1 cm³/mol. The van der Waals surface area contributed by atoms with Gasteiger partial charge in [-0.1, -0.05) is 6.92 Å². The average Bonchev–Trinajstić information content (AvgIpc) is 2.43. The fourth-order valence-corrected chi connectivity index (χ4v) is 3.92. The van der Waals surface area contributed by atoms with Crippen molar-refractivity contribution in [3.63, 3.8) is 0 Å². The van der Waals surface area contributed by atoms with Gasteiger partial charge < -0.3 is 10.5 Å². The third-order valence-electron chi connectivity index (χ3n) is 3.71. The van der Waals surface area contributed by atoms with E-state index >= 15 is 0 Å². The molecule has 0 aromatic heterocycles. The second kappa shape index (κ2) is 6.11. The number of nitrogens with zero attached hydrogens (tertiary/aromatic N) is 1. The first-order valence-corrected chi connectivity index (χ1v) is 8.37. The standard InChI is InChI=1S/C14H22N2O3S/c1-3-19-12-4-6-13(7-5-12)20(17,18)16-9-8-14(15)11(2)10-16/h4-7,11,14H,3,8-10,15H2,1-2H3. The zero-order valence-electron chi connectivity index (χ0n) is 12.0. The Bertz CT molecular complexity index is 542. The number of rotatable bonds is 4. The van der Waals surface area contributed by atoms with Crippen molar-refractivity contribution in [3.8, 4) is 5.75 Å². The highest BCUT2D eigenvalue weighted by atomic mass is 32.2. The van der Waals surface area contributed by atoms with Crippen LogP contribution in [-0.2, 0) is 10.0 Å². The molecular formula is C14H22N2O3S. The molecule has 0 saturated carbocycles. The topological polar surface area (TPSA) is 72.6 Å². The van der Waals surface area contributed by atoms with Gasteiger partial charge in [0.1, 0.15) is 5.75 Å². The Morgan fingerprint density at radius 1 is 1.35 bits per heavy atom. The summed E-state index contributed by atoms with van der Waals surface area (Å²) in [5.41, 5.74) is 5.94. The van der Waals surface area contributed by atoms with Gasteiger partial charge in [-0.05, 0) is 43.5 Å². The van der Waals surface area contributed by atoms with Crippen molar-refractivity contribution < 1.29 is 13.2 Å². The quantitative estimate of drug-likeness (QED) is 0.913. The Hall–Kier alpha value is -1.11. The summed E-state index contributed by atoms with van der Waals surface area (Å²) in [6.45, 7) is 5.42. The van der Waals surface area contributed by atoms with Crippen LogP contribution in [0.2, 0.25) is 0 Å². The lowest BCUT2D eigenvalue weighted by molar-refractivity contribution is 0.250. The lowest BCUT2D eigenvalue weighted by Gasteiger charge is -2.34. The highest BCUT2D eigenvalue weighted by Gasteiger charge is 2.31. The first-order chi connectivity index (χ1) is 9.45. The van der Waals surface area contributed by atoms with E-state index in [1.165, 1.54) is 4.31 Å². The van der Waals surface area contributed by atoms with Crippen molar-refractivity contribution in [2.45, 2.75) is 31.2 Å². The van der Waals surface area contributed by atoms with Crippen LogP contribution in [-0.4, -0.2) is 38.5 Å². The second-order valence-electron chi connectivity index (χ2n) is 5.20. The lowest BCUT2D eigenvalue weighted by Crippen LogP contribution is -2.48. The first kappa shape index (κ1) is 15.3. The van der Waals surface area contributed by atoms with E-state index in [-0.39, 0.29) is 12.0 Å². The average molecular weight is 298 g/mol. The maximum atomic E-state index is 12.6. The number of hydrogen-bond acceptors (Lipinski definition) is 4. The number of benzene rings is 1. The number of sulfonamides is 1. The van der Waals surface area contributed by atoms with Crippen molar-refractivity contribution in [3.05, 3.63) is 24.3 Å². The van der Waals surface area contributed by atoms with E-state index < -0.39 is 10.0 Å². The van der Waals surface area contributed by atoms with E-state index in [0.29, 0.717) is 36.8 Å². The van der Waals surface area contributed by atoms with Gasteiger partial charge in [0, 0.05) is 19.1 Å². The molecule has 2 atom stereocenters. The monoisotopic (exact) mass is 298 g/mol. The summed E-state index contributed by atoms with van der Waals surface area (Å²) in [7, 11) is -3.43. The second-order valence-corrected chi connectivity index (χ2v) is 7.14. The van der Waals surface area contributed by atoms with Crippen LogP contribution in [0.1, 0.15) is 20.3 Å². The molecule has 1 aliphatic heterocycles. The maximum Gasteiger partial charge on any atom is 0.243 e. The molecule has 2 unspecified atom stereocenters. The molecule has 1 heterocycles. The zero-order valence-corrected chi connectivity index (χ0v) is 12.8. The Kier molecular flexibility index (Phi) is 4.67. The molecule has 2 N–H and O–H groups in total. The van der Waals surface area contributed by atoms with Gasteiger partial charge >= 0.3 is 0 Å². The van der Waals surface area contributed by atoms with Gasteiger partial charge in [-0.2, -0.15) is 4.31 Å². The van der Waals surface area contributed by atoms with Gasteiger partial charge in [0.05, 0.1) is 11.5 Å². The van der Waals surface area contributed by atoms with Crippen molar-refractivity contribution in [2.24, 2.45) is 11.7 Å². The van der Waals surface area contributed by atoms with E-state index in [4.69, 9.17) is 10.5 Å². The van der Waals surface area contributed by atoms with Crippen molar-refractivity contribution in [1.82, 2.24) is 4.31 Å². The number of hydrogen-bond donors (Lipinski definition) is 1. The fourth-order valence-electron chi connectivity index (χ4n) is 2.37. The summed E-state index contributed by atoms with van der Waals surface area (Å²) in [6.07, 6.45) is 0.706. The summed E-state index contributed by atoms with van der Waals surface area (Å²) in [5.74, 6) is 0.863. The number of ether oxygens (including phenoxy) is 1. The van der Waals surface area contributed by atoms with Crippen LogP contribution in [0.5, 0.6) is 5.75 Å². The summed E-state index contributed by atoms with van der Waals surface area (Å²) in [6, 6.07) is 6.66. The minimum atomic E-state index is -3.43. The van der Waals surface area contributed by atoms with E-state index in [1.807, 2.05) is 13.8 Å². The van der Waals surface area contributed by atoms with Crippen LogP contribution in [0.4, 0.5) is 0 Å². The van der Waals surface area contributed by atoms with E-state index in [9.17, 15) is 8.42 Å². The molecule has 1 aromatic carbocycles. The Morgan fingerprint density at radius 3 is 2.55 bits per heavy atom. The van der Waals surface area contributed by atoms with Crippen LogP contribution >= 0.6 is 0 Å². The number of piperidine rings is 1. The van der Waals surface area contributed by atoms with Crippen LogP contribution in [0.3, 0.4) is 0 Å². The van der Waals surface area contributed by atoms with Crippen LogP contribution < -0.4 is 10.5 Å². The molecule has 2 rings (SSSR count). The van der Waals surface area contributed by atoms with Gasteiger partial charge in [0.2, 0.25) is 10.0 Å². The molecule has 0 bridgehead atoms. The molecule has 20 heavy (non-hydrogen) atoms. The minimum Gasteiger partial charge on any atom is -0.494 e. The third kappa shape index (κ3) is 3.13. The van der Waals surface area contributed by atoms with Crippen molar-refractivity contribution in [2.75, 3.05) is 19.7 Å². The van der Waals surface area contributed by atoms with Gasteiger partial charge in [0.25, 0.3) is 0 Å². The SMILES string of the molecule is CCOc1ccc(S(=O)(=O)N2CCC(N)C(C)C2)cc1. The summed E-state index contributed by atoms with van der Waals surface area (Å²) in [4.78, 5) is 0.309. The molecule has 1 fully saturated rings. The van der Waals surface area contributed by atoms with Gasteiger partial charge in [-0.25, -0.2) is 8.42 Å². The van der Waals surface area contributed by atoms with E-state index in [1.54, 1.807) is 24.3 Å². The lowest BCUT2D eigenvalue weighted by atomic mass is 9.96. The van der Waals surface area contributed by atoms with Gasteiger partial charge in [-0.3, -0.25) is 0 Å². The van der Waals surface area contributed by atoms with Crippen LogP contribution in [0, 0.1) is 5.92 Å². The first-order valence-electron chi connectivity index (χ1n) is 6.93. The molecule has 5 nitrogen and oxygen atoms in total.